The number of thioether (sulfide) groups is 1. The van der Waals surface area contributed by atoms with Crippen molar-refractivity contribution in [3.63, 3.8) is 0 Å². The number of nitrogens with zero attached hydrogens (tertiary/aromatic N) is 1. The molecule has 17 heavy (non-hydrogen) atoms. The number of fused-ring (bicyclic) bond motifs is 1. The van der Waals surface area contributed by atoms with Crippen molar-refractivity contribution in [2.45, 2.75) is 17.9 Å². The molecule has 2 heterocycles. The van der Waals surface area contributed by atoms with Crippen LogP contribution < -0.4 is 5.32 Å². The zero-order valence-electron chi connectivity index (χ0n) is 9.79. The van der Waals surface area contributed by atoms with Crippen molar-refractivity contribution in [1.29, 1.82) is 0 Å². The number of H-pyrrole nitrogens is 1. The lowest BCUT2D eigenvalue weighted by atomic mass is 10.0. The maximum absolute atomic E-state index is 4.45. The Balaban J connectivity index is 2.00. The van der Waals surface area contributed by atoms with Gasteiger partial charge in [0.1, 0.15) is 0 Å². The second-order valence-corrected chi connectivity index (χ2v) is 5.06. The highest BCUT2D eigenvalue weighted by atomic mass is 32.2. The van der Waals surface area contributed by atoms with Gasteiger partial charge in [-0.25, -0.2) is 0 Å². The Labute approximate surface area is 105 Å². The minimum absolute atomic E-state index is 0.922. The van der Waals surface area contributed by atoms with Crippen LogP contribution in [0.15, 0.2) is 29.2 Å². The Hall–Kier alpha value is -1.26. The molecule has 2 aromatic rings. The smallest absolute Gasteiger partial charge is 0.0968 e. The normalized spacial score (nSPS) is 14.6. The molecule has 1 aromatic carbocycles. The maximum atomic E-state index is 4.45. The molecule has 0 atom stereocenters. The van der Waals surface area contributed by atoms with E-state index in [1.165, 1.54) is 21.7 Å². The van der Waals surface area contributed by atoms with Gasteiger partial charge in [-0.05, 0) is 18.4 Å². The molecule has 0 unspecified atom stereocenters. The van der Waals surface area contributed by atoms with Gasteiger partial charge in [-0.3, -0.25) is 5.10 Å². The van der Waals surface area contributed by atoms with Crippen molar-refractivity contribution in [1.82, 2.24) is 15.5 Å². The van der Waals surface area contributed by atoms with Crippen molar-refractivity contribution in [2.24, 2.45) is 0 Å². The quantitative estimate of drug-likeness (QED) is 0.798. The minimum Gasteiger partial charge on any atom is -0.312 e. The summed E-state index contributed by atoms with van der Waals surface area (Å²) >= 11 is 1.76. The van der Waals surface area contributed by atoms with Crippen molar-refractivity contribution < 1.29 is 0 Å². The van der Waals surface area contributed by atoms with Crippen LogP contribution in [-0.2, 0) is 13.0 Å². The topological polar surface area (TPSA) is 40.7 Å². The van der Waals surface area contributed by atoms with Gasteiger partial charge in [-0.2, -0.15) is 5.10 Å². The Morgan fingerprint density at radius 3 is 2.82 bits per heavy atom. The molecule has 2 N–H and O–H groups in total. The second kappa shape index (κ2) is 4.55. The van der Waals surface area contributed by atoms with Gasteiger partial charge in [0.25, 0.3) is 0 Å². The van der Waals surface area contributed by atoms with Crippen molar-refractivity contribution >= 4 is 11.8 Å². The van der Waals surface area contributed by atoms with E-state index < -0.39 is 0 Å². The maximum Gasteiger partial charge on any atom is 0.0968 e. The Morgan fingerprint density at radius 1 is 1.24 bits per heavy atom. The van der Waals surface area contributed by atoms with Crippen molar-refractivity contribution in [3.8, 4) is 11.3 Å². The van der Waals surface area contributed by atoms with Gasteiger partial charge in [0.15, 0.2) is 0 Å². The summed E-state index contributed by atoms with van der Waals surface area (Å²) in [6.45, 7) is 1.96. The molecule has 0 fully saturated rings. The van der Waals surface area contributed by atoms with Gasteiger partial charge >= 0.3 is 0 Å². The fraction of sp³-hybridized carbons (Fsp3) is 0.308. The molecule has 0 saturated carbocycles. The zero-order chi connectivity index (χ0) is 11.7. The number of aromatic nitrogens is 2. The Bertz CT molecular complexity index is 516. The largest absolute Gasteiger partial charge is 0.312 e. The van der Waals surface area contributed by atoms with Crippen LogP contribution in [-0.4, -0.2) is 23.0 Å². The molecule has 3 nitrogen and oxygen atoms in total. The molecule has 0 aliphatic carbocycles. The van der Waals surface area contributed by atoms with Crippen LogP contribution in [0.3, 0.4) is 0 Å². The van der Waals surface area contributed by atoms with Crippen LogP contribution in [0.5, 0.6) is 0 Å². The first-order valence-corrected chi connectivity index (χ1v) is 7.02. The lowest BCUT2D eigenvalue weighted by molar-refractivity contribution is 0.637. The van der Waals surface area contributed by atoms with Gasteiger partial charge in [-0.15, -0.1) is 11.8 Å². The highest BCUT2D eigenvalue weighted by molar-refractivity contribution is 7.98. The molecule has 0 amide bonds. The van der Waals surface area contributed by atoms with E-state index in [4.69, 9.17) is 0 Å². The number of hydrogen-bond acceptors (Lipinski definition) is 3. The van der Waals surface area contributed by atoms with E-state index in [-0.39, 0.29) is 0 Å². The molecule has 88 valence electrons. The molecule has 3 rings (SSSR count). The SMILES string of the molecule is CSc1ccc(-c2n[nH]c3c2CNCC3)cc1. The summed E-state index contributed by atoms with van der Waals surface area (Å²) in [4.78, 5) is 1.29. The number of rotatable bonds is 2. The first-order chi connectivity index (χ1) is 8.38. The number of hydrogen-bond donors (Lipinski definition) is 2. The standard InChI is InChI=1S/C13H15N3S/c1-17-10-4-2-9(3-5-10)13-11-8-14-7-6-12(11)15-16-13/h2-5,14H,6-8H2,1H3,(H,15,16). The summed E-state index contributed by atoms with van der Waals surface area (Å²) < 4.78 is 0. The fourth-order valence-corrected chi connectivity index (χ4v) is 2.62. The van der Waals surface area contributed by atoms with E-state index in [1.54, 1.807) is 11.8 Å². The molecule has 0 radical (unpaired) electrons. The van der Waals surface area contributed by atoms with E-state index in [2.05, 4.69) is 46.0 Å². The predicted molar refractivity (Wildman–Crippen MR) is 71.2 cm³/mol. The third-order valence-electron chi connectivity index (χ3n) is 3.17. The molecule has 1 aliphatic rings. The van der Waals surface area contributed by atoms with Gasteiger partial charge < -0.3 is 5.32 Å². The predicted octanol–water partition coefficient (Wildman–Crippen LogP) is 2.44. The summed E-state index contributed by atoms with van der Waals surface area (Å²) in [6.07, 6.45) is 3.14. The van der Waals surface area contributed by atoms with Crippen LogP contribution >= 0.6 is 11.8 Å². The Kier molecular flexibility index (Phi) is 2.91. The van der Waals surface area contributed by atoms with Gasteiger partial charge in [0, 0.05) is 41.2 Å². The van der Waals surface area contributed by atoms with E-state index >= 15 is 0 Å². The third kappa shape index (κ3) is 1.98. The average molecular weight is 245 g/mol. The Morgan fingerprint density at radius 2 is 2.06 bits per heavy atom. The first-order valence-electron chi connectivity index (χ1n) is 5.80. The molecule has 4 heteroatoms. The molecule has 1 aromatic heterocycles. The van der Waals surface area contributed by atoms with Crippen molar-refractivity contribution in [3.05, 3.63) is 35.5 Å². The van der Waals surface area contributed by atoms with Crippen LogP contribution in [0.2, 0.25) is 0 Å². The second-order valence-electron chi connectivity index (χ2n) is 4.18. The van der Waals surface area contributed by atoms with Crippen LogP contribution in [0, 0.1) is 0 Å². The minimum atomic E-state index is 0.922. The van der Waals surface area contributed by atoms with Gasteiger partial charge in [0.2, 0.25) is 0 Å². The molecule has 0 bridgehead atoms. The number of aromatic amines is 1. The number of nitrogens with one attached hydrogen (secondary N) is 2. The van der Waals surface area contributed by atoms with E-state index in [9.17, 15) is 0 Å². The van der Waals surface area contributed by atoms with Gasteiger partial charge in [-0.1, -0.05) is 12.1 Å². The van der Waals surface area contributed by atoms with Crippen LogP contribution in [0.4, 0.5) is 0 Å². The fourth-order valence-electron chi connectivity index (χ4n) is 2.21. The van der Waals surface area contributed by atoms with E-state index in [0.717, 1.165) is 25.2 Å². The average Bonchev–Trinajstić information content (AvgIpc) is 2.83. The zero-order valence-corrected chi connectivity index (χ0v) is 10.6. The summed E-state index contributed by atoms with van der Waals surface area (Å²) in [6, 6.07) is 8.60. The third-order valence-corrected chi connectivity index (χ3v) is 3.91. The monoisotopic (exact) mass is 245 g/mol. The highest BCUT2D eigenvalue weighted by Crippen LogP contribution is 2.27. The van der Waals surface area contributed by atoms with Crippen LogP contribution in [0.25, 0.3) is 11.3 Å². The highest BCUT2D eigenvalue weighted by Gasteiger charge is 2.17. The molecular formula is C13H15N3S. The van der Waals surface area contributed by atoms with E-state index in [0.29, 0.717) is 0 Å². The van der Waals surface area contributed by atoms with Crippen molar-refractivity contribution in [2.75, 3.05) is 12.8 Å². The first kappa shape index (κ1) is 10.9. The summed E-state index contributed by atoms with van der Waals surface area (Å²) in [5.41, 5.74) is 4.91. The van der Waals surface area contributed by atoms with E-state index in [1.807, 2.05) is 0 Å². The summed E-state index contributed by atoms with van der Waals surface area (Å²) in [5, 5.41) is 11.0. The molecule has 0 spiro atoms. The molecular weight excluding hydrogens is 230 g/mol. The lowest BCUT2D eigenvalue weighted by Gasteiger charge is -2.13. The van der Waals surface area contributed by atoms with Crippen LogP contribution in [0.1, 0.15) is 11.3 Å². The van der Waals surface area contributed by atoms with Gasteiger partial charge in [0.05, 0.1) is 5.69 Å². The molecule has 0 saturated heterocycles. The summed E-state index contributed by atoms with van der Waals surface area (Å²) in [5.74, 6) is 0. The summed E-state index contributed by atoms with van der Waals surface area (Å²) in [7, 11) is 0. The number of benzene rings is 1. The lowest BCUT2D eigenvalue weighted by Crippen LogP contribution is -2.23. The molecule has 1 aliphatic heterocycles.